The Hall–Kier alpha value is -4.77. The maximum atomic E-state index is 13.5. The molecule has 0 bridgehead atoms. The molecule has 13 nitrogen and oxygen atoms in total. The first-order valence-corrected chi connectivity index (χ1v) is 13.3. The molecule has 2 aliphatic rings. The largest absolute Gasteiger partial charge is 0.504 e. The predicted molar refractivity (Wildman–Crippen MR) is 144 cm³/mol. The molecule has 5 amide bonds. The van der Waals surface area contributed by atoms with E-state index in [1.807, 2.05) is 6.07 Å². The van der Waals surface area contributed by atoms with Crippen LogP contribution in [-0.4, -0.2) is 83.6 Å². The summed E-state index contributed by atoms with van der Waals surface area (Å²) in [4.78, 5) is 66.7. The van der Waals surface area contributed by atoms with Gasteiger partial charge in [-0.2, -0.15) is 5.26 Å². The second kappa shape index (κ2) is 11.4. The van der Waals surface area contributed by atoms with Gasteiger partial charge in [0.1, 0.15) is 23.5 Å². The van der Waals surface area contributed by atoms with Gasteiger partial charge in [-0.1, -0.05) is 30.3 Å². The highest BCUT2D eigenvalue weighted by Crippen LogP contribution is 2.50. The van der Waals surface area contributed by atoms with Crippen LogP contribution >= 0.6 is 11.8 Å². The van der Waals surface area contributed by atoms with Crippen LogP contribution in [-0.2, 0) is 14.4 Å². The van der Waals surface area contributed by atoms with E-state index in [2.05, 4.69) is 10.6 Å². The summed E-state index contributed by atoms with van der Waals surface area (Å²) in [5, 5.41) is 42.6. The number of hydrogen-bond acceptors (Lipinski definition) is 9. The van der Waals surface area contributed by atoms with Crippen LogP contribution in [0.5, 0.6) is 11.5 Å². The minimum Gasteiger partial charge on any atom is -0.504 e. The number of aliphatic carboxylic acids is 1. The second-order valence-corrected chi connectivity index (χ2v) is 11.7. The van der Waals surface area contributed by atoms with Crippen LogP contribution in [0, 0.1) is 11.3 Å². The van der Waals surface area contributed by atoms with E-state index in [1.165, 1.54) is 22.7 Å². The number of amides is 5. The number of phenolic OH excluding ortho intramolecular Hbond substituents is 2. The predicted octanol–water partition coefficient (Wildman–Crippen LogP) is 1.54. The molecular formula is C27H27N5O8S. The molecule has 1 unspecified atom stereocenters. The van der Waals surface area contributed by atoms with Crippen molar-refractivity contribution in [2.75, 3.05) is 6.54 Å². The summed E-state index contributed by atoms with van der Waals surface area (Å²) in [6, 6.07) is 8.64. The number of rotatable bonds is 8. The third-order valence-corrected chi connectivity index (χ3v) is 8.37. The van der Waals surface area contributed by atoms with Crippen molar-refractivity contribution in [1.82, 2.24) is 20.4 Å². The maximum Gasteiger partial charge on any atom is 0.327 e. The molecule has 214 valence electrons. The number of benzene rings is 2. The summed E-state index contributed by atoms with van der Waals surface area (Å²) < 4.78 is -0.803. The van der Waals surface area contributed by atoms with Crippen LogP contribution in [0.4, 0.5) is 4.79 Å². The molecule has 41 heavy (non-hydrogen) atoms. The Labute approximate surface area is 238 Å². The lowest BCUT2D eigenvalue weighted by Crippen LogP contribution is -2.71. The number of nitriles is 1. The number of phenols is 2. The summed E-state index contributed by atoms with van der Waals surface area (Å²) in [6.45, 7) is 3.07. The van der Waals surface area contributed by atoms with Crippen LogP contribution in [0.25, 0.3) is 0 Å². The first-order chi connectivity index (χ1) is 19.4. The van der Waals surface area contributed by atoms with E-state index in [-0.39, 0.29) is 18.5 Å². The number of aromatic hydroxyl groups is 2. The highest BCUT2D eigenvalue weighted by Gasteiger charge is 2.64. The molecular weight excluding hydrogens is 554 g/mol. The van der Waals surface area contributed by atoms with Crippen LogP contribution in [0.3, 0.4) is 0 Å². The maximum absolute atomic E-state index is 13.5. The number of carbonyl (C=O) groups excluding carboxylic acids is 4. The van der Waals surface area contributed by atoms with Crippen LogP contribution in [0.2, 0.25) is 0 Å². The molecule has 2 fully saturated rings. The van der Waals surface area contributed by atoms with E-state index in [4.69, 9.17) is 5.26 Å². The van der Waals surface area contributed by atoms with Crippen LogP contribution in [0.1, 0.15) is 42.2 Å². The quantitative estimate of drug-likeness (QED) is 0.225. The fourth-order valence-corrected chi connectivity index (χ4v) is 6.42. The number of thioether (sulfide) groups is 1. The number of imide groups is 1. The van der Waals surface area contributed by atoms with Gasteiger partial charge in [-0.3, -0.25) is 19.3 Å². The normalized spacial score (nSPS) is 21.0. The van der Waals surface area contributed by atoms with Crippen molar-refractivity contribution in [2.24, 2.45) is 0 Å². The first-order valence-electron chi connectivity index (χ1n) is 12.5. The molecule has 5 N–H and O–H groups in total. The third-order valence-electron chi connectivity index (χ3n) is 6.80. The van der Waals surface area contributed by atoms with Crippen LogP contribution in [0.15, 0.2) is 48.5 Å². The summed E-state index contributed by atoms with van der Waals surface area (Å²) in [7, 11) is 0. The lowest BCUT2D eigenvalue weighted by atomic mass is 9.95. The van der Waals surface area contributed by atoms with Crippen molar-refractivity contribution in [3.05, 3.63) is 59.7 Å². The molecule has 2 aromatic rings. The Morgan fingerprint density at radius 1 is 1.12 bits per heavy atom. The molecule has 0 saturated carbocycles. The summed E-state index contributed by atoms with van der Waals surface area (Å²) in [5.41, 5.74) is 0.183. The van der Waals surface area contributed by atoms with Crippen LogP contribution < -0.4 is 10.6 Å². The van der Waals surface area contributed by atoms with Gasteiger partial charge in [-0.05, 0) is 37.6 Å². The van der Waals surface area contributed by atoms with Crippen molar-refractivity contribution in [1.29, 1.82) is 5.26 Å². The fourth-order valence-electron chi connectivity index (χ4n) is 4.80. The number of nitrogens with one attached hydrogen (secondary N) is 2. The summed E-state index contributed by atoms with van der Waals surface area (Å²) in [5.74, 6) is -4.44. The summed E-state index contributed by atoms with van der Waals surface area (Å²) >= 11 is 1.25. The minimum absolute atomic E-state index is 0.150. The first kappa shape index (κ1) is 29.2. The number of hydrogen-bond donors (Lipinski definition) is 5. The smallest absolute Gasteiger partial charge is 0.327 e. The monoisotopic (exact) mass is 581 g/mol. The Morgan fingerprint density at radius 3 is 2.41 bits per heavy atom. The van der Waals surface area contributed by atoms with E-state index >= 15 is 0 Å². The van der Waals surface area contributed by atoms with Gasteiger partial charge in [0.05, 0.1) is 12.5 Å². The number of fused-ring (bicyclic) bond motifs is 1. The van der Waals surface area contributed by atoms with Gasteiger partial charge in [-0.15, -0.1) is 11.8 Å². The number of carboxylic acid groups (broad SMARTS) is 1. The van der Waals surface area contributed by atoms with Gasteiger partial charge in [0.25, 0.3) is 5.91 Å². The highest BCUT2D eigenvalue weighted by molar-refractivity contribution is 8.01. The molecule has 2 aliphatic heterocycles. The lowest BCUT2D eigenvalue weighted by molar-refractivity contribution is -0.161. The van der Waals surface area contributed by atoms with E-state index in [0.29, 0.717) is 10.5 Å². The van der Waals surface area contributed by atoms with Gasteiger partial charge in [-0.25, -0.2) is 9.59 Å². The number of carboxylic acids is 1. The summed E-state index contributed by atoms with van der Waals surface area (Å²) in [6.07, 6.45) is -0.225. The number of β-lactam (4-membered cyclic amide) rings is 1. The van der Waals surface area contributed by atoms with Crippen molar-refractivity contribution < 1.29 is 39.3 Å². The molecule has 0 aromatic heterocycles. The fraction of sp³-hybridized carbons (Fsp3) is 0.333. The molecule has 0 radical (unpaired) electrons. The van der Waals surface area contributed by atoms with E-state index in [0.717, 1.165) is 12.1 Å². The standard InChI is InChI=1S/C27H27N5O8S/c1-27(2)20(25(38)39)32-23(37)19(24(32)41-27)29-21(35)18(14-7-4-3-5-8-14)30-26(40)31(12-6-11-28)22(36)15-9-10-16(33)17(34)13-15/h3-5,7-10,13,18-20,24,33-34H,6,12H2,1-2H3,(H,29,35)(H,30,40)(H,38,39)/t18?,19-,20+,24-/m1/s1. The van der Waals surface area contributed by atoms with E-state index in [9.17, 15) is 39.3 Å². The zero-order chi connectivity index (χ0) is 30.1. The molecule has 2 aromatic carbocycles. The SMILES string of the molecule is CC1(C)S[C@@H]2[C@H](NC(=O)C(NC(=O)N(CCC#N)C(=O)c3ccc(O)c(O)c3)c3ccccc3)C(=O)N2[C@H]1C(=O)O. The van der Waals surface area contributed by atoms with Gasteiger partial charge >= 0.3 is 12.0 Å². The number of urea groups is 1. The molecule has 4 rings (SSSR count). The molecule has 2 heterocycles. The number of carbonyl (C=O) groups is 5. The Bertz CT molecular complexity index is 1440. The lowest BCUT2D eigenvalue weighted by Gasteiger charge is -2.44. The minimum atomic E-state index is -1.37. The second-order valence-electron chi connectivity index (χ2n) is 9.95. The van der Waals surface area contributed by atoms with Crippen molar-refractivity contribution >= 4 is 41.5 Å². The topological polar surface area (TPSA) is 200 Å². The average Bonchev–Trinajstić information content (AvgIpc) is 3.20. The molecule has 14 heteroatoms. The Morgan fingerprint density at radius 2 is 1.80 bits per heavy atom. The van der Waals surface area contributed by atoms with Crippen molar-refractivity contribution in [2.45, 2.75) is 48.5 Å². The highest BCUT2D eigenvalue weighted by atomic mass is 32.2. The van der Waals surface area contributed by atoms with Gasteiger partial charge < -0.3 is 30.9 Å². The molecule has 2 saturated heterocycles. The Balaban J connectivity index is 1.57. The van der Waals surface area contributed by atoms with E-state index < -0.39 is 69.5 Å². The molecule has 0 aliphatic carbocycles. The zero-order valence-corrected chi connectivity index (χ0v) is 22.8. The third kappa shape index (κ3) is 5.62. The van der Waals surface area contributed by atoms with Gasteiger partial charge in [0.15, 0.2) is 11.5 Å². The zero-order valence-electron chi connectivity index (χ0n) is 22.0. The van der Waals surface area contributed by atoms with Crippen molar-refractivity contribution in [3.8, 4) is 17.6 Å². The molecule has 0 spiro atoms. The number of nitrogens with zero attached hydrogens (tertiary/aromatic N) is 3. The van der Waals surface area contributed by atoms with E-state index in [1.54, 1.807) is 44.2 Å². The Kier molecular flexibility index (Phi) is 8.11. The molecule has 4 atom stereocenters. The van der Waals surface area contributed by atoms with Crippen molar-refractivity contribution in [3.63, 3.8) is 0 Å². The average molecular weight is 582 g/mol. The van der Waals surface area contributed by atoms with Gasteiger partial charge in [0, 0.05) is 16.9 Å². The van der Waals surface area contributed by atoms with Gasteiger partial charge in [0.2, 0.25) is 11.8 Å².